The summed E-state index contributed by atoms with van der Waals surface area (Å²) in [4.78, 5) is 21.8. The molecule has 1 saturated heterocycles. The summed E-state index contributed by atoms with van der Waals surface area (Å²) < 4.78 is 64.8. The Morgan fingerprint density at radius 2 is 1.67 bits per heavy atom. The summed E-state index contributed by atoms with van der Waals surface area (Å²) >= 11 is 5.82. The number of hydrogen-bond acceptors (Lipinski definition) is 5. The first-order valence-corrected chi connectivity index (χ1v) is 12.8. The number of carbonyl (C=O) groups is 2. The van der Waals surface area contributed by atoms with Gasteiger partial charge < -0.3 is 15.2 Å². The van der Waals surface area contributed by atoms with Gasteiger partial charge in [-0.1, -0.05) is 23.7 Å². The SMILES string of the molecule is O=C(NCC1CCCO1)C1(c2ccc(NS(=O)(=O)c3ccc(Cl)cc3)cc2)CC1.O=C(O)C(F)(F)F. The van der Waals surface area contributed by atoms with Crippen molar-refractivity contribution in [1.82, 2.24) is 5.32 Å². The summed E-state index contributed by atoms with van der Waals surface area (Å²) in [6.45, 7) is 1.30. The van der Waals surface area contributed by atoms with Crippen LogP contribution in [0.25, 0.3) is 0 Å². The minimum atomic E-state index is -5.08. The van der Waals surface area contributed by atoms with Crippen LogP contribution in [0, 0.1) is 0 Å². The summed E-state index contributed by atoms with van der Waals surface area (Å²) in [7, 11) is -3.70. The Labute approximate surface area is 210 Å². The van der Waals surface area contributed by atoms with Crippen LogP contribution in [0.3, 0.4) is 0 Å². The molecule has 2 aromatic carbocycles. The lowest BCUT2D eigenvalue weighted by molar-refractivity contribution is -0.192. The molecular weight excluding hydrogens is 525 g/mol. The number of amides is 1. The Kier molecular flexibility index (Phi) is 8.52. The number of carboxylic acid groups (broad SMARTS) is 1. The summed E-state index contributed by atoms with van der Waals surface area (Å²) in [5.41, 5.74) is 0.836. The highest BCUT2D eigenvalue weighted by molar-refractivity contribution is 7.92. The lowest BCUT2D eigenvalue weighted by atomic mass is 9.94. The van der Waals surface area contributed by atoms with Crippen molar-refractivity contribution in [2.75, 3.05) is 17.9 Å². The van der Waals surface area contributed by atoms with Gasteiger partial charge in [-0.3, -0.25) is 9.52 Å². The van der Waals surface area contributed by atoms with Crippen LogP contribution in [0.4, 0.5) is 18.9 Å². The lowest BCUT2D eigenvalue weighted by Crippen LogP contribution is -2.39. The first kappa shape index (κ1) is 27.8. The molecule has 1 saturated carbocycles. The van der Waals surface area contributed by atoms with E-state index in [2.05, 4.69) is 10.0 Å². The van der Waals surface area contributed by atoms with E-state index in [0.717, 1.165) is 37.9 Å². The monoisotopic (exact) mass is 548 g/mol. The maximum Gasteiger partial charge on any atom is 0.490 e. The maximum absolute atomic E-state index is 12.7. The zero-order valence-electron chi connectivity index (χ0n) is 18.8. The van der Waals surface area contributed by atoms with Crippen molar-refractivity contribution < 1.29 is 41.0 Å². The van der Waals surface area contributed by atoms with E-state index in [4.69, 9.17) is 26.2 Å². The molecule has 13 heteroatoms. The fraction of sp³-hybridized carbons (Fsp3) is 0.391. The molecule has 0 radical (unpaired) electrons. The Morgan fingerprint density at radius 1 is 1.08 bits per heavy atom. The molecule has 0 bridgehead atoms. The van der Waals surface area contributed by atoms with E-state index in [0.29, 0.717) is 17.3 Å². The zero-order chi connectivity index (χ0) is 26.6. The van der Waals surface area contributed by atoms with E-state index < -0.39 is 27.6 Å². The molecule has 0 spiro atoms. The molecule has 1 aliphatic carbocycles. The fourth-order valence-corrected chi connectivity index (χ4v) is 4.82. The van der Waals surface area contributed by atoms with Crippen molar-refractivity contribution in [3.8, 4) is 0 Å². The molecule has 8 nitrogen and oxygen atoms in total. The number of carbonyl (C=O) groups excluding carboxylic acids is 1. The fourth-order valence-electron chi connectivity index (χ4n) is 3.64. The highest BCUT2D eigenvalue weighted by atomic mass is 35.5. The number of hydrogen-bond donors (Lipinski definition) is 3. The van der Waals surface area contributed by atoms with Crippen molar-refractivity contribution in [3.05, 3.63) is 59.1 Å². The van der Waals surface area contributed by atoms with Crippen LogP contribution in [0.2, 0.25) is 5.02 Å². The second-order valence-corrected chi connectivity index (χ2v) is 10.5. The minimum Gasteiger partial charge on any atom is -0.475 e. The maximum atomic E-state index is 12.7. The molecule has 3 N–H and O–H groups in total. The molecule has 1 heterocycles. The Morgan fingerprint density at radius 3 is 2.14 bits per heavy atom. The van der Waals surface area contributed by atoms with Gasteiger partial charge in [0, 0.05) is 23.9 Å². The number of benzene rings is 2. The highest BCUT2D eigenvalue weighted by Gasteiger charge is 2.51. The number of halogens is 4. The predicted molar refractivity (Wildman–Crippen MR) is 125 cm³/mol. The quantitative estimate of drug-likeness (QED) is 0.479. The van der Waals surface area contributed by atoms with Crippen LogP contribution < -0.4 is 10.0 Å². The van der Waals surface area contributed by atoms with Crippen LogP contribution in [0.5, 0.6) is 0 Å². The van der Waals surface area contributed by atoms with Gasteiger partial charge in [-0.05, 0) is 67.6 Å². The molecule has 4 rings (SSSR count). The van der Waals surface area contributed by atoms with Crippen LogP contribution in [-0.4, -0.2) is 50.8 Å². The molecule has 1 amide bonds. The van der Waals surface area contributed by atoms with Gasteiger partial charge in [0.25, 0.3) is 10.0 Å². The molecule has 0 aromatic heterocycles. The zero-order valence-corrected chi connectivity index (χ0v) is 20.4. The average Bonchev–Trinajstić information content (AvgIpc) is 3.46. The van der Waals surface area contributed by atoms with Gasteiger partial charge in [0.05, 0.1) is 16.4 Å². The molecule has 2 aliphatic rings. The number of carboxylic acids is 1. The predicted octanol–water partition coefficient (Wildman–Crippen LogP) is 4.10. The summed E-state index contributed by atoms with van der Waals surface area (Å²) in [6.07, 6.45) is -1.37. The Balaban J connectivity index is 0.000000454. The first-order valence-electron chi connectivity index (χ1n) is 10.9. The minimum absolute atomic E-state index is 0.0162. The average molecular weight is 549 g/mol. The van der Waals surface area contributed by atoms with Crippen LogP contribution in [-0.2, 0) is 29.8 Å². The molecule has 1 unspecified atom stereocenters. The van der Waals surface area contributed by atoms with Gasteiger partial charge in [0.1, 0.15) is 0 Å². The van der Waals surface area contributed by atoms with Gasteiger partial charge in [-0.15, -0.1) is 0 Å². The second-order valence-electron chi connectivity index (χ2n) is 8.37. The smallest absolute Gasteiger partial charge is 0.475 e. The number of ether oxygens (including phenoxy) is 1. The van der Waals surface area contributed by atoms with Crippen LogP contribution >= 0.6 is 11.6 Å². The third-order valence-corrected chi connectivity index (χ3v) is 7.40. The molecule has 2 aromatic rings. The first-order chi connectivity index (χ1) is 16.8. The topological polar surface area (TPSA) is 122 Å². The van der Waals surface area contributed by atoms with E-state index in [1.807, 2.05) is 12.1 Å². The van der Waals surface area contributed by atoms with Crippen molar-refractivity contribution in [2.45, 2.75) is 48.3 Å². The van der Waals surface area contributed by atoms with E-state index in [9.17, 15) is 26.4 Å². The Hall–Kier alpha value is -2.83. The number of rotatable bonds is 7. The molecular formula is C23H24ClF3N2O6S. The summed E-state index contributed by atoms with van der Waals surface area (Å²) in [5.74, 6) is -2.74. The van der Waals surface area contributed by atoms with Crippen LogP contribution in [0.15, 0.2) is 53.4 Å². The van der Waals surface area contributed by atoms with Gasteiger partial charge in [0.15, 0.2) is 0 Å². The van der Waals surface area contributed by atoms with Gasteiger partial charge in [0.2, 0.25) is 5.91 Å². The molecule has 196 valence electrons. The second kappa shape index (κ2) is 11.1. The normalized spacial score (nSPS) is 18.5. The Bertz CT molecular complexity index is 1180. The van der Waals surface area contributed by atoms with Gasteiger partial charge in [-0.2, -0.15) is 13.2 Å². The van der Waals surface area contributed by atoms with Crippen molar-refractivity contribution in [3.63, 3.8) is 0 Å². The van der Waals surface area contributed by atoms with E-state index in [1.54, 1.807) is 12.1 Å². The van der Waals surface area contributed by atoms with E-state index >= 15 is 0 Å². The largest absolute Gasteiger partial charge is 0.490 e. The number of sulfonamides is 1. The van der Waals surface area contributed by atoms with E-state index in [1.165, 1.54) is 24.3 Å². The molecule has 1 atom stereocenters. The molecule has 2 fully saturated rings. The lowest BCUT2D eigenvalue weighted by Gasteiger charge is -2.18. The number of alkyl halides is 3. The van der Waals surface area contributed by atoms with Crippen molar-refractivity contribution in [1.29, 1.82) is 0 Å². The molecule has 36 heavy (non-hydrogen) atoms. The van der Waals surface area contributed by atoms with Gasteiger partial charge >= 0.3 is 12.1 Å². The third-order valence-electron chi connectivity index (χ3n) is 5.76. The standard InChI is InChI=1S/C21H23ClN2O4S.C2HF3O2/c22-16-5-9-19(10-6-16)29(26,27)24-17-7-3-15(4-8-17)21(11-12-21)20(25)23-14-18-2-1-13-28-18;3-2(4,5)1(6)7/h3-10,18,24H,1-2,11-14H2,(H,23,25);(H,6,7). The van der Waals surface area contributed by atoms with Crippen LogP contribution in [0.1, 0.15) is 31.2 Å². The number of anilines is 1. The summed E-state index contributed by atoms with van der Waals surface area (Å²) in [5, 5.41) is 10.6. The van der Waals surface area contributed by atoms with Gasteiger partial charge in [-0.25, -0.2) is 13.2 Å². The highest BCUT2D eigenvalue weighted by Crippen LogP contribution is 2.48. The molecule has 1 aliphatic heterocycles. The van der Waals surface area contributed by atoms with Crippen molar-refractivity contribution >= 4 is 39.2 Å². The van der Waals surface area contributed by atoms with E-state index in [-0.39, 0.29) is 16.9 Å². The van der Waals surface area contributed by atoms with Crippen molar-refractivity contribution in [2.24, 2.45) is 0 Å². The third kappa shape index (κ3) is 7.11. The summed E-state index contributed by atoms with van der Waals surface area (Å²) in [6, 6.07) is 13.0. The number of nitrogens with one attached hydrogen (secondary N) is 2. The number of aliphatic carboxylic acids is 1.